The number of carbonyl (C=O) groups is 2. The number of nitro benzene ring substituents is 1. The molecule has 9 nitrogen and oxygen atoms in total. The van der Waals surface area contributed by atoms with Crippen LogP contribution in [-0.4, -0.2) is 35.0 Å². The summed E-state index contributed by atoms with van der Waals surface area (Å²) in [6, 6.07) is 4.25. The minimum absolute atomic E-state index is 0.0151. The van der Waals surface area contributed by atoms with E-state index >= 15 is 0 Å². The van der Waals surface area contributed by atoms with Crippen molar-refractivity contribution in [3.05, 3.63) is 45.0 Å². The summed E-state index contributed by atoms with van der Waals surface area (Å²) in [5.41, 5.74) is 0.936. The number of carbonyl (C=O) groups excluding carboxylic acids is 2. The third kappa shape index (κ3) is 5.52. The van der Waals surface area contributed by atoms with Gasteiger partial charge in [0.05, 0.1) is 23.6 Å². The fourth-order valence-electron chi connectivity index (χ4n) is 2.03. The van der Waals surface area contributed by atoms with Gasteiger partial charge in [-0.2, -0.15) is 0 Å². The Morgan fingerprint density at radius 3 is 2.81 bits per heavy atom. The van der Waals surface area contributed by atoms with Crippen LogP contribution in [0.2, 0.25) is 0 Å². The maximum absolute atomic E-state index is 11.9. The van der Waals surface area contributed by atoms with E-state index in [-0.39, 0.29) is 24.7 Å². The molecule has 0 aliphatic carbocycles. The number of aromatic nitrogens is 1. The number of thiazole rings is 1. The fraction of sp³-hybridized carbons (Fsp3) is 0.312. The number of ether oxygens (including phenoxy) is 2. The average molecular weight is 379 g/mol. The van der Waals surface area contributed by atoms with Gasteiger partial charge < -0.3 is 9.47 Å². The molecule has 0 saturated heterocycles. The predicted molar refractivity (Wildman–Crippen MR) is 94.4 cm³/mol. The van der Waals surface area contributed by atoms with Crippen LogP contribution in [0.4, 0.5) is 10.8 Å². The third-order valence-corrected chi connectivity index (χ3v) is 3.97. The zero-order valence-electron chi connectivity index (χ0n) is 14.2. The van der Waals surface area contributed by atoms with Crippen LogP contribution in [0.5, 0.6) is 5.75 Å². The molecule has 0 aliphatic heterocycles. The molecule has 2 rings (SSSR count). The van der Waals surface area contributed by atoms with Gasteiger partial charge in [0.15, 0.2) is 11.7 Å². The third-order valence-electron chi connectivity index (χ3n) is 3.16. The molecule has 0 aliphatic rings. The minimum Gasteiger partial charge on any atom is -0.484 e. The molecule has 138 valence electrons. The number of nitrogens with one attached hydrogen (secondary N) is 1. The summed E-state index contributed by atoms with van der Waals surface area (Å²) in [6.07, 6.45) is 0.0405. The number of esters is 1. The highest BCUT2D eigenvalue weighted by Gasteiger charge is 2.13. The molecule has 0 unspecified atom stereocenters. The van der Waals surface area contributed by atoms with Gasteiger partial charge in [0.2, 0.25) is 0 Å². The second-order valence-corrected chi connectivity index (χ2v) is 6.03. The van der Waals surface area contributed by atoms with Crippen molar-refractivity contribution in [3.8, 4) is 5.75 Å². The van der Waals surface area contributed by atoms with Crippen LogP contribution in [0.1, 0.15) is 18.2 Å². The van der Waals surface area contributed by atoms with Crippen molar-refractivity contribution >= 4 is 34.0 Å². The van der Waals surface area contributed by atoms with Gasteiger partial charge in [0.1, 0.15) is 5.75 Å². The van der Waals surface area contributed by atoms with Crippen molar-refractivity contribution in [1.82, 2.24) is 4.98 Å². The quantitative estimate of drug-likeness (QED) is 0.425. The molecule has 1 heterocycles. The van der Waals surface area contributed by atoms with E-state index in [4.69, 9.17) is 9.47 Å². The molecule has 0 spiro atoms. The smallest absolute Gasteiger partial charge is 0.311 e. The molecule has 1 aromatic carbocycles. The zero-order chi connectivity index (χ0) is 19.1. The summed E-state index contributed by atoms with van der Waals surface area (Å²) in [4.78, 5) is 37.7. The lowest BCUT2D eigenvalue weighted by atomic mass is 10.2. The lowest BCUT2D eigenvalue weighted by Gasteiger charge is -2.06. The van der Waals surface area contributed by atoms with Crippen LogP contribution in [0.3, 0.4) is 0 Å². The van der Waals surface area contributed by atoms with Gasteiger partial charge in [-0.1, -0.05) is 0 Å². The Balaban J connectivity index is 1.85. The van der Waals surface area contributed by atoms with Crippen LogP contribution in [0, 0.1) is 17.0 Å². The standard InChI is InChI=1S/C16H17N3O6S/c1-3-24-15(21)7-11-9-26-16(17-11)18-14(20)8-25-12-4-5-13(19(22)23)10(2)6-12/h4-6,9H,3,7-8H2,1-2H3,(H,17,18,20). The molecule has 0 bridgehead atoms. The molecule has 0 saturated carbocycles. The van der Waals surface area contributed by atoms with Crippen molar-refractivity contribution in [2.45, 2.75) is 20.3 Å². The molecule has 2 aromatic rings. The maximum atomic E-state index is 11.9. The Kier molecular flexibility index (Phi) is 6.61. The Morgan fingerprint density at radius 1 is 1.38 bits per heavy atom. The van der Waals surface area contributed by atoms with E-state index in [1.54, 1.807) is 19.2 Å². The fourth-order valence-corrected chi connectivity index (χ4v) is 2.76. The summed E-state index contributed by atoms with van der Waals surface area (Å²) < 4.78 is 10.2. The monoisotopic (exact) mass is 379 g/mol. The van der Waals surface area contributed by atoms with Crippen LogP contribution in [-0.2, 0) is 20.7 Å². The lowest BCUT2D eigenvalue weighted by molar-refractivity contribution is -0.385. The van der Waals surface area contributed by atoms with Gasteiger partial charge in [-0.15, -0.1) is 11.3 Å². The average Bonchev–Trinajstić information content (AvgIpc) is 2.99. The van der Waals surface area contributed by atoms with Gasteiger partial charge in [-0.3, -0.25) is 25.0 Å². The number of amides is 1. The molecule has 26 heavy (non-hydrogen) atoms. The molecule has 1 N–H and O–H groups in total. The van der Waals surface area contributed by atoms with Crippen LogP contribution in [0.15, 0.2) is 23.6 Å². The number of benzene rings is 1. The van der Waals surface area contributed by atoms with Crippen molar-refractivity contribution in [1.29, 1.82) is 0 Å². The van der Waals surface area contributed by atoms with Gasteiger partial charge >= 0.3 is 5.97 Å². The van der Waals surface area contributed by atoms with Crippen LogP contribution in [0.25, 0.3) is 0 Å². The number of nitrogens with zero attached hydrogens (tertiary/aromatic N) is 2. The second-order valence-electron chi connectivity index (χ2n) is 5.17. The number of hydrogen-bond donors (Lipinski definition) is 1. The van der Waals surface area contributed by atoms with E-state index < -0.39 is 10.8 Å². The SMILES string of the molecule is CCOC(=O)Cc1csc(NC(=O)COc2ccc([N+](=O)[O-])c(C)c2)n1. The lowest BCUT2D eigenvalue weighted by Crippen LogP contribution is -2.20. The number of rotatable bonds is 8. The molecule has 1 amide bonds. The molecular weight excluding hydrogens is 362 g/mol. The summed E-state index contributed by atoms with van der Waals surface area (Å²) in [7, 11) is 0. The molecule has 0 radical (unpaired) electrons. The molecule has 10 heteroatoms. The van der Waals surface area contributed by atoms with Gasteiger partial charge in [-0.05, 0) is 26.0 Å². The Morgan fingerprint density at radius 2 is 2.15 bits per heavy atom. The number of aryl methyl sites for hydroxylation is 1. The second kappa shape index (κ2) is 8.90. The van der Waals surface area contributed by atoms with Gasteiger partial charge in [-0.25, -0.2) is 4.98 Å². The first kappa shape index (κ1) is 19.3. The first-order valence-corrected chi connectivity index (χ1v) is 8.54. The molecular formula is C16H17N3O6S. The zero-order valence-corrected chi connectivity index (χ0v) is 15.0. The first-order valence-electron chi connectivity index (χ1n) is 7.66. The summed E-state index contributed by atoms with van der Waals surface area (Å²) in [6.45, 7) is 3.33. The highest BCUT2D eigenvalue weighted by Crippen LogP contribution is 2.23. The van der Waals surface area contributed by atoms with E-state index in [2.05, 4.69) is 10.3 Å². The summed E-state index contributed by atoms with van der Waals surface area (Å²) >= 11 is 1.19. The van der Waals surface area contributed by atoms with Gasteiger partial charge in [0, 0.05) is 17.0 Å². The first-order chi connectivity index (χ1) is 12.4. The largest absolute Gasteiger partial charge is 0.484 e. The Labute approximate surface area is 153 Å². The number of anilines is 1. The maximum Gasteiger partial charge on any atom is 0.311 e. The molecule has 0 fully saturated rings. The molecule has 0 atom stereocenters. The van der Waals surface area contributed by atoms with Crippen molar-refractivity contribution in [3.63, 3.8) is 0 Å². The number of hydrogen-bond acceptors (Lipinski definition) is 8. The highest BCUT2D eigenvalue weighted by atomic mass is 32.1. The van der Waals surface area contributed by atoms with Crippen molar-refractivity contribution < 1.29 is 24.0 Å². The summed E-state index contributed by atoms with van der Waals surface area (Å²) in [5, 5.41) is 15.3. The minimum atomic E-state index is -0.484. The Hall–Kier alpha value is -3.01. The van der Waals surface area contributed by atoms with Gasteiger partial charge in [0.25, 0.3) is 11.6 Å². The van der Waals surface area contributed by atoms with E-state index in [0.29, 0.717) is 28.7 Å². The summed E-state index contributed by atoms with van der Waals surface area (Å²) in [5.74, 6) is -0.462. The van der Waals surface area contributed by atoms with E-state index in [9.17, 15) is 19.7 Å². The van der Waals surface area contributed by atoms with Crippen LogP contribution >= 0.6 is 11.3 Å². The number of nitro groups is 1. The van der Waals surface area contributed by atoms with E-state index in [1.807, 2.05) is 0 Å². The van der Waals surface area contributed by atoms with E-state index in [0.717, 1.165) is 0 Å². The predicted octanol–water partition coefficient (Wildman–Crippen LogP) is 2.48. The highest BCUT2D eigenvalue weighted by molar-refractivity contribution is 7.13. The Bertz CT molecular complexity index is 820. The van der Waals surface area contributed by atoms with Crippen molar-refractivity contribution in [2.24, 2.45) is 0 Å². The topological polar surface area (TPSA) is 121 Å². The van der Waals surface area contributed by atoms with Crippen molar-refractivity contribution in [2.75, 3.05) is 18.5 Å². The van der Waals surface area contributed by atoms with E-state index in [1.165, 1.54) is 29.5 Å². The molecule has 1 aromatic heterocycles. The van der Waals surface area contributed by atoms with Crippen LogP contribution < -0.4 is 10.1 Å². The normalized spacial score (nSPS) is 10.2.